The lowest BCUT2D eigenvalue weighted by Crippen LogP contribution is -2.39. The minimum Gasteiger partial charge on any atom is -0.465 e. The van der Waals surface area contributed by atoms with Gasteiger partial charge in [0.25, 0.3) is 5.91 Å². The number of nitrogens with one attached hydrogen (secondary N) is 3. The molecule has 0 fully saturated rings. The lowest BCUT2D eigenvalue weighted by molar-refractivity contribution is 0.1000. The Morgan fingerprint density at radius 3 is 2.32 bits per heavy atom. The quantitative estimate of drug-likeness (QED) is 0.334. The molecular weight excluding hydrogens is 453 g/mol. The summed E-state index contributed by atoms with van der Waals surface area (Å²) in [6.45, 7) is 2.98. The van der Waals surface area contributed by atoms with Crippen LogP contribution >= 0.6 is 0 Å². The van der Waals surface area contributed by atoms with Crippen LogP contribution in [0.5, 0.6) is 0 Å². The van der Waals surface area contributed by atoms with Crippen molar-refractivity contribution in [2.45, 2.75) is 25.9 Å². The van der Waals surface area contributed by atoms with Crippen molar-refractivity contribution >= 4 is 29.3 Å². The highest BCUT2D eigenvalue weighted by atomic mass is 19.1. The highest BCUT2D eigenvalue weighted by Gasteiger charge is 2.24. The van der Waals surface area contributed by atoms with Crippen LogP contribution in [-0.2, 0) is 0 Å². The summed E-state index contributed by atoms with van der Waals surface area (Å²) in [5.74, 6) is -3.61. The minimum absolute atomic E-state index is 0.131. The maximum Gasteiger partial charge on any atom is 0.404 e. The van der Waals surface area contributed by atoms with E-state index in [0.717, 1.165) is 12.1 Å². The second-order valence-corrected chi connectivity index (χ2v) is 7.41. The number of amides is 2. The molecule has 0 aliphatic heterocycles. The van der Waals surface area contributed by atoms with E-state index in [9.17, 15) is 22.8 Å². The van der Waals surface area contributed by atoms with E-state index in [1.54, 1.807) is 0 Å². The zero-order valence-corrected chi connectivity index (χ0v) is 18.1. The predicted octanol–water partition coefficient (Wildman–Crippen LogP) is 3.85. The second kappa shape index (κ2) is 10.1. The monoisotopic (exact) mass is 474 g/mol. The molecule has 2 amide bonds. The number of hydrogen-bond acceptors (Lipinski definition) is 6. The van der Waals surface area contributed by atoms with Crippen LogP contribution in [-0.4, -0.2) is 33.1 Å². The number of primary amides is 1. The molecule has 0 saturated heterocycles. The molecule has 0 saturated carbocycles. The Morgan fingerprint density at radius 1 is 1.06 bits per heavy atom. The molecule has 0 spiro atoms. The van der Waals surface area contributed by atoms with Gasteiger partial charge in [-0.2, -0.15) is 0 Å². The molecule has 6 N–H and O–H groups in total. The topological polar surface area (TPSA) is 142 Å². The molecule has 2 aromatic heterocycles. The first kappa shape index (κ1) is 24.3. The number of carboxylic acid groups (broad SMARTS) is 1. The number of aromatic nitrogens is 2. The van der Waals surface area contributed by atoms with Crippen molar-refractivity contribution in [3.05, 3.63) is 76.9 Å². The Balaban J connectivity index is 2.02. The van der Waals surface area contributed by atoms with Crippen LogP contribution in [0.4, 0.5) is 35.3 Å². The molecule has 2 atom stereocenters. The van der Waals surface area contributed by atoms with Crippen molar-refractivity contribution in [1.82, 2.24) is 15.3 Å². The largest absolute Gasteiger partial charge is 0.465 e. The molecule has 34 heavy (non-hydrogen) atoms. The molecule has 0 unspecified atom stereocenters. The molecule has 0 aliphatic carbocycles. The number of carbonyl (C=O) groups is 2. The Kier molecular flexibility index (Phi) is 7.19. The first-order valence-corrected chi connectivity index (χ1v) is 9.96. The van der Waals surface area contributed by atoms with Crippen LogP contribution in [0.1, 0.15) is 34.6 Å². The van der Waals surface area contributed by atoms with Gasteiger partial charge >= 0.3 is 6.09 Å². The summed E-state index contributed by atoms with van der Waals surface area (Å²) in [7, 11) is 0. The summed E-state index contributed by atoms with van der Waals surface area (Å²) in [4.78, 5) is 31.0. The van der Waals surface area contributed by atoms with E-state index in [2.05, 4.69) is 25.9 Å². The van der Waals surface area contributed by atoms with Gasteiger partial charge in [0, 0.05) is 6.07 Å². The fourth-order valence-corrected chi connectivity index (χ4v) is 3.18. The van der Waals surface area contributed by atoms with Crippen LogP contribution in [0.15, 0.2) is 42.6 Å². The normalized spacial score (nSPS) is 12.5. The summed E-state index contributed by atoms with van der Waals surface area (Å²) in [5, 5.41) is 16.8. The van der Waals surface area contributed by atoms with Gasteiger partial charge in [-0.3, -0.25) is 9.78 Å². The Labute approximate surface area is 192 Å². The maximum atomic E-state index is 14.9. The molecule has 178 valence electrons. The van der Waals surface area contributed by atoms with Crippen molar-refractivity contribution < 1.29 is 27.9 Å². The molecule has 1 aromatic carbocycles. The number of carbonyl (C=O) groups excluding carboxylic acids is 1. The number of halogens is 3. The summed E-state index contributed by atoms with van der Waals surface area (Å²) < 4.78 is 42.2. The first-order chi connectivity index (χ1) is 16.0. The molecule has 0 aliphatic rings. The molecule has 0 radical (unpaired) electrons. The second-order valence-electron chi connectivity index (χ2n) is 7.41. The third-order valence-electron chi connectivity index (χ3n) is 4.90. The van der Waals surface area contributed by atoms with E-state index in [-0.39, 0.29) is 28.6 Å². The fourth-order valence-electron chi connectivity index (χ4n) is 3.18. The number of rotatable bonds is 8. The summed E-state index contributed by atoms with van der Waals surface area (Å²) in [6, 6.07) is 5.41. The molecule has 3 aromatic rings. The minimum atomic E-state index is -1.32. The number of nitrogens with zero attached hydrogens (tertiary/aromatic N) is 2. The predicted molar refractivity (Wildman–Crippen MR) is 118 cm³/mol. The molecular formula is C22H21F3N6O3. The molecule has 2 heterocycles. The van der Waals surface area contributed by atoms with Crippen molar-refractivity contribution in [3.63, 3.8) is 0 Å². The fraction of sp³-hybridized carbons (Fsp3) is 0.182. The Morgan fingerprint density at radius 2 is 1.74 bits per heavy atom. The molecule has 9 nitrogen and oxygen atoms in total. The van der Waals surface area contributed by atoms with Gasteiger partial charge in [0.05, 0.1) is 35.2 Å². The van der Waals surface area contributed by atoms with Crippen molar-refractivity contribution in [3.8, 4) is 0 Å². The summed E-state index contributed by atoms with van der Waals surface area (Å²) in [5.41, 5.74) is 5.75. The van der Waals surface area contributed by atoms with Crippen LogP contribution in [0.2, 0.25) is 0 Å². The van der Waals surface area contributed by atoms with Crippen LogP contribution < -0.4 is 21.7 Å². The van der Waals surface area contributed by atoms with Crippen LogP contribution in [0.3, 0.4) is 0 Å². The van der Waals surface area contributed by atoms with E-state index < -0.39 is 41.5 Å². The van der Waals surface area contributed by atoms with Gasteiger partial charge in [-0.25, -0.2) is 22.9 Å². The van der Waals surface area contributed by atoms with Gasteiger partial charge in [-0.1, -0.05) is 12.1 Å². The highest BCUT2D eigenvalue weighted by Crippen LogP contribution is 2.28. The number of hydrogen-bond donors (Lipinski definition) is 5. The lowest BCUT2D eigenvalue weighted by atomic mass is 10.00. The van der Waals surface area contributed by atoms with Gasteiger partial charge in [0.2, 0.25) is 0 Å². The van der Waals surface area contributed by atoms with Crippen LogP contribution in [0.25, 0.3) is 0 Å². The van der Waals surface area contributed by atoms with Gasteiger partial charge < -0.3 is 26.8 Å². The van der Waals surface area contributed by atoms with E-state index in [4.69, 9.17) is 10.8 Å². The van der Waals surface area contributed by atoms with Crippen molar-refractivity contribution in [1.29, 1.82) is 0 Å². The van der Waals surface area contributed by atoms with Crippen molar-refractivity contribution in [2.75, 3.05) is 10.6 Å². The molecule has 3 rings (SSSR count). The zero-order chi connectivity index (χ0) is 25.0. The average Bonchev–Trinajstić information content (AvgIpc) is 2.76. The Hall–Kier alpha value is -4.35. The zero-order valence-electron chi connectivity index (χ0n) is 18.1. The summed E-state index contributed by atoms with van der Waals surface area (Å²) in [6.07, 6.45) is -0.0308. The number of benzene rings is 1. The van der Waals surface area contributed by atoms with E-state index in [0.29, 0.717) is 5.56 Å². The number of pyridine rings is 2. The van der Waals surface area contributed by atoms with Gasteiger partial charge in [0.15, 0.2) is 11.6 Å². The number of aryl methyl sites for hydroxylation is 1. The van der Waals surface area contributed by atoms with Gasteiger partial charge in [0.1, 0.15) is 17.5 Å². The van der Waals surface area contributed by atoms with E-state index >= 15 is 0 Å². The average molecular weight is 474 g/mol. The number of anilines is 3. The summed E-state index contributed by atoms with van der Waals surface area (Å²) >= 11 is 0. The number of nitrogens with two attached hydrogens (primary N) is 1. The third-order valence-corrected chi connectivity index (χ3v) is 4.90. The SMILES string of the molecule is Cc1ncc(Nc2nc(N[C@H](c3ccc(F)cc3)[C@H](C)NC(=O)O)c(F)cc2C(N)=O)cc1F. The molecule has 12 heteroatoms. The standard InChI is InChI=1S/C22H21F3N6O3/c1-10-16(24)7-14(9-27-10)29-20-15(19(26)32)8-17(25)21(31-20)30-18(11(2)28-22(33)34)12-3-5-13(23)6-4-12/h3-9,11,18,28H,1-2H3,(H2,26,32)(H,33,34)(H2,29,30,31)/t11-,18-/m0/s1. The Bertz CT molecular complexity index is 1220. The van der Waals surface area contributed by atoms with Crippen molar-refractivity contribution in [2.24, 2.45) is 5.73 Å². The van der Waals surface area contributed by atoms with Crippen LogP contribution in [0, 0.1) is 24.4 Å². The first-order valence-electron chi connectivity index (χ1n) is 9.96. The van der Waals surface area contributed by atoms with Gasteiger partial charge in [-0.15, -0.1) is 0 Å². The highest BCUT2D eigenvalue weighted by molar-refractivity contribution is 5.98. The van der Waals surface area contributed by atoms with E-state index in [1.165, 1.54) is 44.3 Å². The van der Waals surface area contributed by atoms with E-state index in [1.807, 2.05) is 0 Å². The smallest absolute Gasteiger partial charge is 0.404 e. The van der Waals surface area contributed by atoms with Gasteiger partial charge in [-0.05, 0) is 37.6 Å². The lowest BCUT2D eigenvalue weighted by Gasteiger charge is -2.26. The molecule has 0 bridgehead atoms. The third kappa shape index (κ3) is 5.71. The maximum absolute atomic E-state index is 14.9.